The molecule has 0 unspecified atom stereocenters. The van der Waals surface area contributed by atoms with Crippen LogP contribution in [0.2, 0.25) is 0 Å². The fraction of sp³-hybridized carbons (Fsp3) is 1.00. The van der Waals surface area contributed by atoms with Gasteiger partial charge in [-0.15, -0.1) is 6.04 Å². The van der Waals surface area contributed by atoms with E-state index in [1.54, 1.807) is 0 Å². The third-order valence-electron chi connectivity index (χ3n) is 0. The monoisotopic (exact) mass is 65.1 g/mol. The Morgan fingerprint density at radius 3 is 1.40 bits per heavy atom. The molecule has 2 heteroatoms. The van der Waals surface area contributed by atoms with Gasteiger partial charge in [-0.3, -0.25) is 0 Å². The second-order valence-electron chi connectivity index (χ2n) is 1.15. The molecule has 0 heterocycles. The Labute approximate surface area is 45.1 Å². The molecular weight excluding hydrogens is 57.0 g/mol. The molecule has 0 saturated carbocycles. The molecule has 0 aromatic heterocycles. The van der Waals surface area contributed by atoms with E-state index in [4.69, 9.17) is 5.73 Å². The van der Waals surface area contributed by atoms with E-state index in [2.05, 4.69) is 0 Å². The number of hydrogen-bond donors (Lipinski definition) is 0. The summed E-state index contributed by atoms with van der Waals surface area (Å²) in [7, 11) is 0. The largest absolute Gasteiger partial charge is 1.00 e. The minimum absolute atomic E-state index is 0. The van der Waals surface area contributed by atoms with Gasteiger partial charge in [-0.2, -0.15) is 0 Å². The zero-order chi connectivity index (χ0) is 3.58. The van der Waals surface area contributed by atoms with Gasteiger partial charge >= 0.3 is 18.9 Å². The van der Waals surface area contributed by atoms with Crippen molar-refractivity contribution in [3.05, 3.63) is 5.73 Å². The maximum absolute atomic E-state index is 6.58. The standard InChI is InChI=1S/C3H8N.Li/c1-3(2)4;/h3-4H,1-2H3;/q-1;+1. The van der Waals surface area contributed by atoms with Crippen LogP contribution in [0.3, 0.4) is 0 Å². The van der Waals surface area contributed by atoms with Crippen molar-refractivity contribution in [1.29, 1.82) is 0 Å². The molecule has 1 N–H and O–H groups in total. The number of hydrogen-bond acceptors (Lipinski definition) is 0. The van der Waals surface area contributed by atoms with Gasteiger partial charge in [0.05, 0.1) is 0 Å². The van der Waals surface area contributed by atoms with Crippen molar-refractivity contribution in [1.82, 2.24) is 0 Å². The van der Waals surface area contributed by atoms with Crippen LogP contribution in [0, 0.1) is 0 Å². The van der Waals surface area contributed by atoms with Crippen LogP contribution in [-0.2, 0) is 0 Å². The summed E-state index contributed by atoms with van der Waals surface area (Å²) >= 11 is 0. The first-order valence-corrected chi connectivity index (χ1v) is 1.44. The second kappa shape index (κ2) is 4.56. The Kier molecular flexibility index (Phi) is 8.31. The average Bonchev–Trinajstić information content (AvgIpc) is 0.811. The van der Waals surface area contributed by atoms with E-state index in [-0.39, 0.29) is 24.9 Å². The molecule has 0 fully saturated rings. The first kappa shape index (κ1) is 9.12. The molecule has 5 heavy (non-hydrogen) atoms. The van der Waals surface area contributed by atoms with Gasteiger partial charge < -0.3 is 5.73 Å². The van der Waals surface area contributed by atoms with Crippen molar-refractivity contribution in [3.8, 4) is 0 Å². The zero-order valence-corrected chi connectivity index (χ0v) is 4.08. The molecule has 0 rings (SSSR count). The van der Waals surface area contributed by atoms with Crippen LogP contribution in [0.15, 0.2) is 0 Å². The Bertz CT molecular complexity index is 11.6. The molecule has 0 aromatic carbocycles. The van der Waals surface area contributed by atoms with E-state index >= 15 is 0 Å². The molecule has 0 atom stereocenters. The molecule has 0 amide bonds. The van der Waals surface area contributed by atoms with Crippen LogP contribution < -0.4 is 18.9 Å². The van der Waals surface area contributed by atoms with Crippen molar-refractivity contribution in [2.45, 2.75) is 19.9 Å². The van der Waals surface area contributed by atoms with Crippen LogP contribution in [0.1, 0.15) is 13.8 Å². The molecular formula is C3H8LiN. The van der Waals surface area contributed by atoms with E-state index in [1.165, 1.54) is 0 Å². The molecule has 0 aliphatic heterocycles. The van der Waals surface area contributed by atoms with Gasteiger partial charge in [-0.05, 0) is 0 Å². The Hall–Kier alpha value is 0.557. The summed E-state index contributed by atoms with van der Waals surface area (Å²) in [5.74, 6) is 0. The summed E-state index contributed by atoms with van der Waals surface area (Å²) in [4.78, 5) is 0. The van der Waals surface area contributed by atoms with E-state index in [0.717, 1.165) is 0 Å². The van der Waals surface area contributed by atoms with Gasteiger partial charge in [0.25, 0.3) is 0 Å². The molecule has 0 spiro atoms. The predicted octanol–water partition coefficient (Wildman–Crippen LogP) is -1.55. The Morgan fingerprint density at radius 1 is 1.40 bits per heavy atom. The van der Waals surface area contributed by atoms with Crippen molar-refractivity contribution in [2.24, 2.45) is 0 Å². The van der Waals surface area contributed by atoms with E-state index in [0.29, 0.717) is 0 Å². The maximum Gasteiger partial charge on any atom is 1.00 e. The summed E-state index contributed by atoms with van der Waals surface area (Å²) < 4.78 is 0. The minimum atomic E-state index is 0. The number of nitrogens with one attached hydrogen (secondary N) is 1. The first-order chi connectivity index (χ1) is 1.73. The summed E-state index contributed by atoms with van der Waals surface area (Å²) in [6.07, 6.45) is 0. The van der Waals surface area contributed by atoms with Gasteiger partial charge in [0.2, 0.25) is 0 Å². The second-order valence-corrected chi connectivity index (χ2v) is 1.15. The van der Waals surface area contributed by atoms with Crippen LogP contribution >= 0.6 is 0 Å². The first-order valence-electron chi connectivity index (χ1n) is 1.44. The zero-order valence-electron chi connectivity index (χ0n) is 4.08. The van der Waals surface area contributed by atoms with Crippen LogP contribution in [0.5, 0.6) is 0 Å². The van der Waals surface area contributed by atoms with Crippen molar-refractivity contribution in [2.75, 3.05) is 0 Å². The van der Waals surface area contributed by atoms with Gasteiger partial charge in [0.15, 0.2) is 0 Å². The quantitative estimate of drug-likeness (QED) is 0.305. The minimum Gasteiger partial charge on any atom is -0.675 e. The van der Waals surface area contributed by atoms with Crippen LogP contribution in [0.4, 0.5) is 0 Å². The molecule has 1 nitrogen and oxygen atoms in total. The van der Waals surface area contributed by atoms with E-state index in [1.807, 2.05) is 13.8 Å². The summed E-state index contributed by atoms with van der Waals surface area (Å²) in [5.41, 5.74) is 6.58. The third kappa shape index (κ3) is 95.9. The number of rotatable bonds is 0. The summed E-state index contributed by atoms with van der Waals surface area (Å²) in [6, 6.07) is 0.0833. The van der Waals surface area contributed by atoms with Gasteiger partial charge in [0, 0.05) is 0 Å². The molecule has 0 saturated heterocycles. The van der Waals surface area contributed by atoms with Crippen molar-refractivity contribution >= 4 is 0 Å². The normalized spacial score (nSPS) is 7.20. The fourth-order valence-electron chi connectivity index (χ4n) is 0. The molecule has 26 valence electrons. The van der Waals surface area contributed by atoms with Crippen LogP contribution in [0.25, 0.3) is 5.73 Å². The third-order valence-corrected chi connectivity index (χ3v) is 0. The molecule has 0 radical (unpaired) electrons. The van der Waals surface area contributed by atoms with Crippen LogP contribution in [-0.4, -0.2) is 6.04 Å². The van der Waals surface area contributed by atoms with Gasteiger partial charge in [0.1, 0.15) is 0 Å². The fourth-order valence-corrected chi connectivity index (χ4v) is 0. The summed E-state index contributed by atoms with van der Waals surface area (Å²) in [6.45, 7) is 3.67. The average molecular weight is 65.0 g/mol. The topological polar surface area (TPSA) is 23.8 Å². The molecule has 0 aromatic rings. The van der Waals surface area contributed by atoms with Gasteiger partial charge in [-0.25, -0.2) is 0 Å². The smallest absolute Gasteiger partial charge is 0.675 e. The predicted molar refractivity (Wildman–Crippen MR) is 19.5 cm³/mol. The van der Waals surface area contributed by atoms with Crippen molar-refractivity contribution in [3.63, 3.8) is 0 Å². The SMILES string of the molecule is CC(C)[NH-].[Li+]. The van der Waals surface area contributed by atoms with E-state index in [9.17, 15) is 0 Å². The van der Waals surface area contributed by atoms with Gasteiger partial charge in [-0.1, -0.05) is 13.8 Å². The maximum atomic E-state index is 6.58. The summed E-state index contributed by atoms with van der Waals surface area (Å²) in [5, 5.41) is 0. The molecule has 0 bridgehead atoms. The molecule has 0 aliphatic rings. The van der Waals surface area contributed by atoms with Crippen molar-refractivity contribution < 1.29 is 18.9 Å². The Balaban J connectivity index is 0. The van der Waals surface area contributed by atoms with E-state index < -0.39 is 0 Å². The Morgan fingerprint density at radius 2 is 1.40 bits per heavy atom. The molecule has 0 aliphatic carbocycles.